The average molecular weight is 315 g/mol. The first kappa shape index (κ1) is 15.2. The standard InChI is InChI=1S/C14H12F3N3S.2H2/c1-19-14(18)20-13-8(3-2-4-11(13)21)9-5-7(15)6-10(16)12(9)17;;/h2-6,21H,1H3,(H3,18,19,20);2*1H. The summed E-state index contributed by atoms with van der Waals surface area (Å²) in [6, 6.07) is 6.11. The van der Waals surface area contributed by atoms with Crippen LogP contribution in [0.15, 0.2) is 40.2 Å². The van der Waals surface area contributed by atoms with Crippen LogP contribution in [0.3, 0.4) is 0 Å². The van der Waals surface area contributed by atoms with Crippen LogP contribution in [-0.2, 0) is 0 Å². The number of guanidine groups is 1. The van der Waals surface area contributed by atoms with Gasteiger partial charge in [-0.05, 0) is 12.1 Å². The summed E-state index contributed by atoms with van der Waals surface area (Å²) >= 11 is 4.23. The highest BCUT2D eigenvalue weighted by Gasteiger charge is 2.17. The topological polar surface area (TPSA) is 50.4 Å². The molecule has 0 aromatic heterocycles. The maximum Gasteiger partial charge on any atom is 0.192 e. The van der Waals surface area contributed by atoms with E-state index in [0.29, 0.717) is 16.6 Å². The fourth-order valence-corrected chi connectivity index (χ4v) is 2.09. The molecule has 0 unspecified atom stereocenters. The van der Waals surface area contributed by atoms with Gasteiger partial charge in [0.1, 0.15) is 5.82 Å². The minimum Gasteiger partial charge on any atom is -0.370 e. The summed E-state index contributed by atoms with van der Waals surface area (Å²) in [6.07, 6.45) is 0. The number of anilines is 1. The second kappa shape index (κ2) is 6.09. The lowest BCUT2D eigenvalue weighted by atomic mass is 10.0. The van der Waals surface area contributed by atoms with Crippen molar-refractivity contribution in [1.82, 2.24) is 0 Å². The van der Waals surface area contributed by atoms with Crippen LogP contribution in [0.1, 0.15) is 2.85 Å². The summed E-state index contributed by atoms with van der Waals surface area (Å²) in [5.74, 6) is -3.23. The molecule has 0 saturated carbocycles. The predicted molar refractivity (Wildman–Crippen MR) is 84.4 cm³/mol. The van der Waals surface area contributed by atoms with Crippen molar-refractivity contribution in [2.24, 2.45) is 10.7 Å². The molecule has 2 aromatic carbocycles. The van der Waals surface area contributed by atoms with Crippen molar-refractivity contribution in [2.75, 3.05) is 12.4 Å². The normalized spacial score (nSPS) is 11.6. The molecule has 0 atom stereocenters. The molecule has 3 nitrogen and oxygen atoms in total. The van der Waals surface area contributed by atoms with Crippen LogP contribution in [0.4, 0.5) is 18.9 Å². The Labute approximate surface area is 128 Å². The van der Waals surface area contributed by atoms with E-state index in [1.807, 2.05) is 0 Å². The molecule has 0 spiro atoms. The van der Waals surface area contributed by atoms with Crippen LogP contribution in [0.25, 0.3) is 11.1 Å². The van der Waals surface area contributed by atoms with Gasteiger partial charge in [-0.1, -0.05) is 12.1 Å². The minimum atomic E-state index is -1.27. The first-order valence-electron chi connectivity index (χ1n) is 5.90. The molecule has 2 aromatic rings. The number of para-hydroxylation sites is 1. The number of benzene rings is 2. The van der Waals surface area contributed by atoms with E-state index in [2.05, 4.69) is 22.9 Å². The van der Waals surface area contributed by atoms with Gasteiger partial charge >= 0.3 is 0 Å². The highest BCUT2D eigenvalue weighted by atomic mass is 32.1. The molecule has 0 fully saturated rings. The molecule has 0 aliphatic carbocycles. The maximum absolute atomic E-state index is 13.9. The Morgan fingerprint density at radius 2 is 1.95 bits per heavy atom. The third-order valence-electron chi connectivity index (χ3n) is 2.82. The number of thiol groups is 1. The van der Waals surface area contributed by atoms with E-state index >= 15 is 0 Å². The monoisotopic (exact) mass is 315 g/mol. The van der Waals surface area contributed by atoms with Gasteiger partial charge in [0.25, 0.3) is 0 Å². The van der Waals surface area contributed by atoms with E-state index in [4.69, 9.17) is 5.73 Å². The quantitative estimate of drug-likeness (QED) is 0.341. The third-order valence-corrected chi connectivity index (χ3v) is 3.19. The summed E-state index contributed by atoms with van der Waals surface area (Å²) in [4.78, 5) is 4.16. The van der Waals surface area contributed by atoms with Gasteiger partial charge in [0, 0.05) is 32.0 Å². The summed E-state index contributed by atoms with van der Waals surface area (Å²) in [6.45, 7) is 0. The second-order valence-corrected chi connectivity index (χ2v) is 4.66. The lowest BCUT2D eigenvalue weighted by Gasteiger charge is -2.14. The van der Waals surface area contributed by atoms with Crippen LogP contribution in [-0.4, -0.2) is 13.0 Å². The molecule has 114 valence electrons. The number of nitrogens with one attached hydrogen (secondary N) is 1. The lowest BCUT2D eigenvalue weighted by molar-refractivity contribution is 0.497. The first-order valence-corrected chi connectivity index (χ1v) is 6.35. The molecule has 0 saturated heterocycles. The summed E-state index contributed by atoms with van der Waals surface area (Å²) in [5.41, 5.74) is 5.89. The molecule has 2 rings (SSSR count). The fraction of sp³-hybridized carbons (Fsp3) is 0.0714. The van der Waals surface area contributed by atoms with E-state index in [9.17, 15) is 13.2 Å². The Balaban J connectivity index is 0.00000242. The maximum atomic E-state index is 13.9. The molecule has 0 aliphatic rings. The van der Waals surface area contributed by atoms with Crippen molar-refractivity contribution >= 4 is 24.3 Å². The molecular weight excluding hydrogens is 299 g/mol. The van der Waals surface area contributed by atoms with Crippen molar-refractivity contribution in [3.8, 4) is 11.1 Å². The minimum absolute atomic E-state index is 0. The van der Waals surface area contributed by atoms with Crippen molar-refractivity contribution in [2.45, 2.75) is 4.90 Å². The van der Waals surface area contributed by atoms with Crippen LogP contribution in [0.2, 0.25) is 0 Å². The Morgan fingerprint density at radius 1 is 1.24 bits per heavy atom. The van der Waals surface area contributed by atoms with Crippen molar-refractivity contribution in [3.05, 3.63) is 47.8 Å². The molecule has 7 heteroatoms. The Hall–Kier alpha value is -2.15. The highest BCUT2D eigenvalue weighted by Crippen LogP contribution is 2.35. The molecule has 3 N–H and O–H groups in total. The van der Waals surface area contributed by atoms with Gasteiger partial charge in [-0.2, -0.15) is 0 Å². The predicted octanol–water partition coefficient (Wildman–Crippen LogP) is 3.91. The van der Waals surface area contributed by atoms with Gasteiger partial charge in [0.05, 0.1) is 5.69 Å². The molecule has 0 aliphatic heterocycles. The zero-order valence-corrected chi connectivity index (χ0v) is 11.9. The zero-order chi connectivity index (χ0) is 15.6. The van der Waals surface area contributed by atoms with E-state index in [-0.39, 0.29) is 19.9 Å². The number of rotatable bonds is 2. The third kappa shape index (κ3) is 3.13. The van der Waals surface area contributed by atoms with Crippen molar-refractivity contribution < 1.29 is 16.0 Å². The van der Waals surface area contributed by atoms with Crippen LogP contribution >= 0.6 is 12.6 Å². The number of hydrogen-bond acceptors (Lipinski definition) is 2. The average Bonchev–Trinajstić information content (AvgIpc) is 2.45. The van der Waals surface area contributed by atoms with Gasteiger partial charge in [0.2, 0.25) is 0 Å². The fourth-order valence-electron chi connectivity index (χ4n) is 1.83. The van der Waals surface area contributed by atoms with Gasteiger partial charge in [-0.15, -0.1) is 12.6 Å². The van der Waals surface area contributed by atoms with Gasteiger partial charge in [0.15, 0.2) is 17.6 Å². The summed E-state index contributed by atoms with van der Waals surface area (Å²) in [7, 11) is 1.46. The summed E-state index contributed by atoms with van der Waals surface area (Å²) in [5, 5.41) is 2.73. The molecule has 0 amide bonds. The molecule has 0 heterocycles. The molecule has 21 heavy (non-hydrogen) atoms. The van der Waals surface area contributed by atoms with Gasteiger partial charge in [-0.3, -0.25) is 4.99 Å². The number of nitrogens with zero attached hydrogens (tertiary/aromatic N) is 1. The number of aliphatic imine (C=N–C) groups is 1. The number of hydrogen-bond donors (Lipinski definition) is 3. The van der Waals surface area contributed by atoms with Gasteiger partial charge < -0.3 is 11.1 Å². The van der Waals surface area contributed by atoms with E-state index in [0.717, 1.165) is 6.07 Å². The van der Waals surface area contributed by atoms with Gasteiger partial charge in [-0.25, -0.2) is 13.2 Å². The van der Waals surface area contributed by atoms with E-state index in [1.165, 1.54) is 13.1 Å². The largest absolute Gasteiger partial charge is 0.370 e. The smallest absolute Gasteiger partial charge is 0.192 e. The molecular formula is C14H16F3N3S. The van der Waals surface area contributed by atoms with Crippen LogP contribution in [0, 0.1) is 17.5 Å². The Kier molecular flexibility index (Phi) is 4.42. The SMILES string of the molecule is CN=C(N)Nc1c(S)cccc1-c1cc(F)cc(F)c1F.[HH].[HH]. The molecule has 0 bridgehead atoms. The van der Waals surface area contributed by atoms with Crippen molar-refractivity contribution in [1.29, 1.82) is 0 Å². The van der Waals surface area contributed by atoms with Crippen molar-refractivity contribution in [3.63, 3.8) is 0 Å². The highest BCUT2D eigenvalue weighted by molar-refractivity contribution is 7.80. The van der Waals surface area contributed by atoms with Crippen LogP contribution < -0.4 is 11.1 Å². The lowest BCUT2D eigenvalue weighted by Crippen LogP contribution is -2.22. The van der Waals surface area contributed by atoms with Crippen LogP contribution in [0.5, 0.6) is 0 Å². The summed E-state index contributed by atoms with van der Waals surface area (Å²) < 4.78 is 40.7. The Bertz CT molecular complexity index is 727. The number of halogens is 3. The van der Waals surface area contributed by atoms with E-state index < -0.39 is 17.5 Å². The molecule has 0 radical (unpaired) electrons. The second-order valence-electron chi connectivity index (χ2n) is 4.18. The zero-order valence-electron chi connectivity index (χ0n) is 11.0. The number of nitrogens with two attached hydrogens (primary N) is 1. The Morgan fingerprint density at radius 3 is 2.62 bits per heavy atom. The van der Waals surface area contributed by atoms with E-state index in [1.54, 1.807) is 12.1 Å². The first-order chi connectivity index (χ1) is 9.93.